The summed E-state index contributed by atoms with van der Waals surface area (Å²) in [6, 6.07) is 10.3. The average Bonchev–Trinajstić information content (AvgIpc) is 2.76. The predicted molar refractivity (Wildman–Crippen MR) is 116 cm³/mol. The summed E-state index contributed by atoms with van der Waals surface area (Å²) in [5.41, 5.74) is 2.44. The van der Waals surface area contributed by atoms with Crippen LogP contribution in [0.3, 0.4) is 0 Å². The van der Waals surface area contributed by atoms with Crippen LogP contribution in [0.25, 0.3) is 0 Å². The van der Waals surface area contributed by atoms with Crippen LogP contribution in [-0.4, -0.2) is 15.9 Å². The molecule has 1 heterocycles. The van der Waals surface area contributed by atoms with E-state index in [1.807, 2.05) is 26.8 Å². The van der Waals surface area contributed by atoms with Crippen molar-refractivity contribution in [1.29, 1.82) is 0 Å². The van der Waals surface area contributed by atoms with Crippen molar-refractivity contribution in [2.75, 3.05) is 10.6 Å². The second-order valence-electron chi connectivity index (χ2n) is 6.55. The Morgan fingerprint density at radius 1 is 0.935 bits per heavy atom. The molecule has 8 heteroatoms. The third-order valence-electron chi connectivity index (χ3n) is 4.30. The number of hydrogen-bond acceptors (Lipinski definition) is 4. The average molecular weight is 430 g/mol. The Labute approximate surface area is 179 Å². The lowest BCUT2D eigenvalue weighted by Gasteiger charge is -2.12. The molecule has 0 aliphatic carbocycles. The van der Waals surface area contributed by atoms with Crippen molar-refractivity contribution in [2.45, 2.75) is 40.4 Å². The van der Waals surface area contributed by atoms with Gasteiger partial charge in [0.2, 0.25) is 0 Å². The summed E-state index contributed by atoms with van der Waals surface area (Å²) in [6.07, 6.45) is -1.29. The first kappa shape index (κ1) is 23.9. The number of halogens is 3. The van der Waals surface area contributed by atoms with E-state index in [9.17, 15) is 18.0 Å². The molecule has 0 aliphatic heterocycles. The second kappa shape index (κ2) is 10.6. The smallest absolute Gasteiger partial charge is 0.381 e. The zero-order valence-electron chi connectivity index (χ0n) is 17.8. The molecule has 0 saturated heterocycles. The standard InChI is InChI=1S/C21H19F3N4O.C2H6/c1-13-3-8-17(27-10-15-4-6-16(7-5-15)21(22,23)24)9-19(13)20(29)28-18-11-25-14(2)26-12-18;1-2/h3-9,11-12,27H,10H2,1-2H3,(H,28,29);1-2H3. The molecule has 31 heavy (non-hydrogen) atoms. The van der Waals surface area contributed by atoms with Crippen molar-refractivity contribution >= 4 is 17.3 Å². The maximum Gasteiger partial charge on any atom is 0.416 e. The van der Waals surface area contributed by atoms with Crippen LogP contribution in [0.2, 0.25) is 0 Å². The summed E-state index contributed by atoms with van der Waals surface area (Å²) in [5.74, 6) is 0.307. The highest BCUT2D eigenvalue weighted by atomic mass is 19.4. The first-order valence-electron chi connectivity index (χ1n) is 9.83. The van der Waals surface area contributed by atoms with Gasteiger partial charge in [0.15, 0.2) is 0 Å². The molecule has 0 spiro atoms. The number of rotatable bonds is 5. The van der Waals surface area contributed by atoms with Crippen molar-refractivity contribution < 1.29 is 18.0 Å². The molecule has 3 rings (SSSR count). The Bertz CT molecular complexity index is 1000. The second-order valence-corrected chi connectivity index (χ2v) is 6.55. The first-order valence-corrected chi connectivity index (χ1v) is 9.83. The summed E-state index contributed by atoms with van der Waals surface area (Å²) in [6.45, 7) is 7.90. The van der Waals surface area contributed by atoms with Gasteiger partial charge >= 0.3 is 6.18 Å². The molecule has 164 valence electrons. The van der Waals surface area contributed by atoms with Gasteiger partial charge in [-0.1, -0.05) is 32.0 Å². The number of nitrogens with one attached hydrogen (secondary N) is 2. The minimum atomic E-state index is -4.35. The SMILES string of the molecule is CC.Cc1ncc(NC(=O)c2cc(NCc3ccc(C(F)(F)F)cc3)ccc2C)cn1. The fourth-order valence-corrected chi connectivity index (χ4v) is 2.65. The summed E-state index contributed by atoms with van der Waals surface area (Å²) in [7, 11) is 0. The van der Waals surface area contributed by atoms with E-state index in [1.165, 1.54) is 24.5 Å². The third-order valence-corrected chi connectivity index (χ3v) is 4.30. The number of amides is 1. The van der Waals surface area contributed by atoms with E-state index in [4.69, 9.17) is 0 Å². The maximum absolute atomic E-state index is 12.6. The van der Waals surface area contributed by atoms with Crippen LogP contribution in [0.4, 0.5) is 24.5 Å². The Morgan fingerprint density at radius 3 is 2.13 bits per heavy atom. The van der Waals surface area contributed by atoms with Crippen LogP contribution < -0.4 is 10.6 Å². The van der Waals surface area contributed by atoms with Crippen LogP contribution in [0.1, 0.15) is 46.7 Å². The minimum absolute atomic E-state index is 0.298. The van der Waals surface area contributed by atoms with Gasteiger partial charge in [0.25, 0.3) is 5.91 Å². The zero-order valence-corrected chi connectivity index (χ0v) is 17.8. The van der Waals surface area contributed by atoms with Gasteiger partial charge in [-0.2, -0.15) is 13.2 Å². The Kier molecular flexibility index (Phi) is 8.13. The van der Waals surface area contributed by atoms with E-state index in [-0.39, 0.29) is 5.91 Å². The molecule has 0 fully saturated rings. The van der Waals surface area contributed by atoms with Gasteiger partial charge in [-0.25, -0.2) is 9.97 Å². The Balaban J connectivity index is 0.00000166. The van der Waals surface area contributed by atoms with Gasteiger partial charge in [0, 0.05) is 17.8 Å². The molecule has 0 radical (unpaired) electrons. The number of alkyl halides is 3. The predicted octanol–water partition coefficient (Wildman–Crippen LogP) is 6.00. The first-order chi connectivity index (χ1) is 14.7. The maximum atomic E-state index is 12.6. The minimum Gasteiger partial charge on any atom is -0.381 e. The van der Waals surface area contributed by atoms with Crippen LogP contribution in [0.15, 0.2) is 54.9 Å². The molecule has 5 nitrogen and oxygen atoms in total. The molecule has 2 N–H and O–H groups in total. The lowest BCUT2D eigenvalue weighted by Crippen LogP contribution is -2.14. The van der Waals surface area contributed by atoms with E-state index in [2.05, 4.69) is 20.6 Å². The van der Waals surface area contributed by atoms with E-state index < -0.39 is 11.7 Å². The fourth-order valence-electron chi connectivity index (χ4n) is 2.65. The Morgan fingerprint density at radius 2 is 1.55 bits per heavy atom. The monoisotopic (exact) mass is 430 g/mol. The molecule has 0 bridgehead atoms. The van der Waals surface area contributed by atoms with Gasteiger partial charge in [-0.15, -0.1) is 0 Å². The topological polar surface area (TPSA) is 66.9 Å². The normalized spacial score (nSPS) is 10.7. The highest BCUT2D eigenvalue weighted by Gasteiger charge is 2.29. The molecular formula is C23H25F3N4O. The Hall–Kier alpha value is -3.42. The van der Waals surface area contributed by atoms with Crippen molar-refractivity contribution in [3.63, 3.8) is 0 Å². The van der Waals surface area contributed by atoms with Gasteiger partial charge in [-0.3, -0.25) is 4.79 Å². The number of aryl methyl sites for hydroxylation is 2. The zero-order chi connectivity index (χ0) is 23.0. The largest absolute Gasteiger partial charge is 0.416 e. The molecule has 0 aliphatic rings. The van der Waals surface area contributed by atoms with Crippen LogP contribution >= 0.6 is 0 Å². The van der Waals surface area contributed by atoms with E-state index in [0.717, 1.165) is 17.7 Å². The summed E-state index contributed by atoms with van der Waals surface area (Å²) >= 11 is 0. The lowest BCUT2D eigenvalue weighted by molar-refractivity contribution is -0.137. The molecule has 0 atom stereocenters. The van der Waals surface area contributed by atoms with E-state index in [0.29, 0.717) is 34.9 Å². The molecule has 3 aromatic rings. The van der Waals surface area contributed by atoms with Crippen molar-refractivity contribution in [1.82, 2.24) is 9.97 Å². The molecule has 2 aromatic carbocycles. The highest BCUT2D eigenvalue weighted by Crippen LogP contribution is 2.29. The van der Waals surface area contributed by atoms with Gasteiger partial charge in [0.05, 0.1) is 23.6 Å². The number of benzene rings is 2. The van der Waals surface area contributed by atoms with Gasteiger partial charge in [-0.05, 0) is 49.2 Å². The van der Waals surface area contributed by atoms with E-state index in [1.54, 1.807) is 19.1 Å². The van der Waals surface area contributed by atoms with Crippen LogP contribution in [0, 0.1) is 13.8 Å². The molecular weight excluding hydrogens is 405 g/mol. The summed E-state index contributed by atoms with van der Waals surface area (Å²) in [4.78, 5) is 20.7. The molecule has 1 aromatic heterocycles. The van der Waals surface area contributed by atoms with Gasteiger partial charge in [0.1, 0.15) is 5.82 Å². The number of anilines is 2. The number of carbonyl (C=O) groups excluding carboxylic acids is 1. The lowest BCUT2D eigenvalue weighted by atomic mass is 10.1. The van der Waals surface area contributed by atoms with Crippen LogP contribution in [-0.2, 0) is 12.7 Å². The van der Waals surface area contributed by atoms with Crippen molar-refractivity contribution in [3.05, 3.63) is 82.9 Å². The van der Waals surface area contributed by atoms with Gasteiger partial charge < -0.3 is 10.6 Å². The molecule has 0 unspecified atom stereocenters. The number of aromatic nitrogens is 2. The third kappa shape index (κ3) is 6.80. The number of carbonyl (C=O) groups is 1. The van der Waals surface area contributed by atoms with Crippen LogP contribution in [0.5, 0.6) is 0 Å². The molecule has 0 saturated carbocycles. The summed E-state index contributed by atoms with van der Waals surface area (Å²) in [5, 5.41) is 5.88. The number of hydrogen-bond donors (Lipinski definition) is 2. The molecule has 1 amide bonds. The highest BCUT2D eigenvalue weighted by molar-refractivity contribution is 6.05. The fraction of sp³-hybridized carbons (Fsp3) is 0.261. The van der Waals surface area contributed by atoms with Crippen molar-refractivity contribution in [3.8, 4) is 0 Å². The van der Waals surface area contributed by atoms with Crippen molar-refractivity contribution in [2.24, 2.45) is 0 Å². The number of nitrogens with zero attached hydrogens (tertiary/aromatic N) is 2. The summed E-state index contributed by atoms with van der Waals surface area (Å²) < 4.78 is 37.9. The van der Waals surface area contributed by atoms with E-state index >= 15 is 0 Å². The quantitative estimate of drug-likeness (QED) is 0.521.